The maximum absolute atomic E-state index is 12.8. The third kappa shape index (κ3) is 53.0. The van der Waals surface area contributed by atoms with Crippen LogP contribution in [0.4, 0.5) is 0 Å². The van der Waals surface area contributed by atoms with Crippen LogP contribution in [-0.2, 0) is 28.6 Å². The Kier molecular flexibility index (Phi) is 53.2. The van der Waals surface area contributed by atoms with E-state index in [0.29, 0.717) is 19.3 Å². The maximum Gasteiger partial charge on any atom is 0.306 e. The second-order valence-corrected chi connectivity index (χ2v) is 19.9. The molecular formula is C59H112O6. The molecule has 0 radical (unpaired) electrons. The molecule has 1 atom stereocenters. The monoisotopic (exact) mass is 917 g/mol. The van der Waals surface area contributed by atoms with Gasteiger partial charge in [-0.3, -0.25) is 14.4 Å². The Morgan fingerprint density at radius 2 is 0.508 bits per heavy atom. The summed E-state index contributed by atoms with van der Waals surface area (Å²) in [6, 6.07) is 0. The fourth-order valence-electron chi connectivity index (χ4n) is 8.85. The second kappa shape index (κ2) is 54.8. The van der Waals surface area contributed by atoms with Crippen molar-refractivity contribution in [2.45, 2.75) is 335 Å². The average Bonchev–Trinajstić information content (AvgIpc) is 3.30. The molecule has 6 nitrogen and oxygen atoms in total. The third-order valence-corrected chi connectivity index (χ3v) is 13.3. The van der Waals surface area contributed by atoms with Gasteiger partial charge in [0.25, 0.3) is 0 Å². The van der Waals surface area contributed by atoms with Crippen molar-refractivity contribution >= 4 is 17.9 Å². The van der Waals surface area contributed by atoms with E-state index in [0.717, 1.165) is 64.2 Å². The number of carbonyl (C=O) groups excluding carboxylic acids is 3. The quantitative estimate of drug-likeness (QED) is 0.0262. The summed E-state index contributed by atoms with van der Waals surface area (Å²) in [6.07, 6.45) is 62.0. The fraction of sp³-hybridized carbons (Fsp3) is 0.915. The molecule has 6 heteroatoms. The molecule has 0 saturated carbocycles. The molecule has 0 saturated heterocycles. The predicted molar refractivity (Wildman–Crippen MR) is 280 cm³/mol. The Morgan fingerprint density at radius 1 is 0.292 bits per heavy atom. The standard InChI is InChI=1S/C59H112O6/c1-4-7-10-13-16-19-22-25-27-29-30-32-34-37-40-43-46-49-52-58(61)64-55-56(54-63-57(60)51-48-45-42-39-36-33-24-21-18-15-12-9-6-3)65-59(62)53-50-47-44-41-38-35-31-28-26-23-20-17-14-11-8-5-2/h28,31,56H,4-27,29-30,32-55H2,1-3H3/b31-28-/t56-/m1/s1. The van der Waals surface area contributed by atoms with Crippen molar-refractivity contribution in [3.8, 4) is 0 Å². The highest BCUT2D eigenvalue weighted by Gasteiger charge is 2.19. The van der Waals surface area contributed by atoms with Crippen LogP contribution in [0, 0.1) is 0 Å². The van der Waals surface area contributed by atoms with E-state index in [2.05, 4.69) is 32.9 Å². The topological polar surface area (TPSA) is 78.9 Å². The van der Waals surface area contributed by atoms with E-state index < -0.39 is 6.10 Å². The largest absolute Gasteiger partial charge is 0.462 e. The van der Waals surface area contributed by atoms with E-state index in [1.165, 1.54) is 225 Å². The number of ether oxygens (including phenoxy) is 3. The van der Waals surface area contributed by atoms with Crippen LogP contribution in [-0.4, -0.2) is 37.2 Å². The summed E-state index contributed by atoms with van der Waals surface area (Å²) >= 11 is 0. The minimum atomic E-state index is -0.768. The van der Waals surface area contributed by atoms with Crippen LogP contribution in [0.3, 0.4) is 0 Å². The zero-order valence-electron chi connectivity index (χ0n) is 44.0. The first-order valence-electron chi connectivity index (χ1n) is 29.2. The molecule has 0 aliphatic rings. The Hall–Kier alpha value is -1.85. The van der Waals surface area contributed by atoms with Gasteiger partial charge in [-0.05, 0) is 44.9 Å². The Morgan fingerprint density at radius 3 is 0.769 bits per heavy atom. The first-order valence-corrected chi connectivity index (χ1v) is 29.2. The van der Waals surface area contributed by atoms with Crippen molar-refractivity contribution in [3.63, 3.8) is 0 Å². The molecule has 0 aromatic rings. The molecule has 0 spiro atoms. The fourth-order valence-corrected chi connectivity index (χ4v) is 8.85. The third-order valence-electron chi connectivity index (χ3n) is 13.3. The van der Waals surface area contributed by atoms with E-state index in [1.807, 2.05) is 0 Å². The Balaban J connectivity index is 4.30. The molecule has 384 valence electrons. The van der Waals surface area contributed by atoms with Gasteiger partial charge in [0.05, 0.1) is 0 Å². The van der Waals surface area contributed by atoms with Crippen molar-refractivity contribution in [1.82, 2.24) is 0 Å². The predicted octanol–water partition coefficient (Wildman–Crippen LogP) is 19.3. The number of hydrogen-bond donors (Lipinski definition) is 0. The highest BCUT2D eigenvalue weighted by molar-refractivity contribution is 5.71. The lowest BCUT2D eigenvalue weighted by molar-refractivity contribution is -0.167. The zero-order valence-corrected chi connectivity index (χ0v) is 44.0. The van der Waals surface area contributed by atoms with Gasteiger partial charge < -0.3 is 14.2 Å². The summed E-state index contributed by atoms with van der Waals surface area (Å²) in [6.45, 7) is 6.69. The molecule has 0 aliphatic carbocycles. The van der Waals surface area contributed by atoms with Gasteiger partial charge in [-0.15, -0.1) is 0 Å². The summed E-state index contributed by atoms with van der Waals surface area (Å²) in [7, 11) is 0. The number of rotatable bonds is 54. The summed E-state index contributed by atoms with van der Waals surface area (Å²) < 4.78 is 16.9. The number of allylic oxidation sites excluding steroid dienone is 2. The van der Waals surface area contributed by atoms with Crippen LogP contribution in [0.2, 0.25) is 0 Å². The minimum Gasteiger partial charge on any atom is -0.462 e. The van der Waals surface area contributed by atoms with Gasteiger partial charge in [0.2, 0.25) is 0 Å². The molecule has 0 aromatic heterocycles. The van der Waals surface area contributed by atoms with Crippen LogP contribution in [0.25, 0.3) is 0 Å². The van der Waals surface area contributed by atoms with Gasteiger partial charge in [-0.25, -0.2) is 0 Å². The molecule has 65 heavy (non-hydrogen) atoms. The lowest BCUT2D eigenvalue weighted by atomic mass is 10.0. The first kappa shape index (κ1) is 63.1. The minimum absolute atomic E-state index is 0.0673. The molecule has 0 N–H and O–H groups in total. The smallest absolute Gasteiger partial charge is 0.306 e. The van der Waals surface area contributed by atoms with Crippen LogP contribution < -0.4 is 0 Å². The molecule has 0 fully saturated rings. The molecule has 0 aromatic carbocycles. The highest BCUT2D eigenvalue weighted by Crippen LogP contribution is 2.17. The van der Waals surface area contributed by atoms with Crippen molar-refractivity contribution in [3.05, 3.63) is 12.2 Å². The van der Waals surface area contributed by atoms with Crippen molar-refractivity contribution < 1.29 is 28.6 Å². The molecule has 0 unspecified atom stereocenters. The van der Waals surface area contributed by atoms with Gasteiger partial charge in [0.1, 0.15) is 13.2 Å². The molecular weight excluding hydrogens is 805 g/mol. The SMILES string of the molecule is CCCCCCCCC/C=C\CCCCCCCC(=O)O[C@H](COC(=O)CCCCCCCCCCCCCCC)COC(=O)CCCCCCCCCCCCCCCCCCCC. The average molecular weight is 918 g/mol. The van der Waals surface area contributed by atoms with Gasteiger partial charge in [0, 0.05) is 19.3 Å². The van der Waals surface area contributed by atoms with E-state index in [9.17, 15) is 14.4 Å². The van der Waals surface area contributed by atoms with Gasteiger partial charge >= 0.3 is 17.9 Å². The Labute approximate surface area is 405 Å². The highest BCUT2D eigenvalue weighted by atomic mass is 16.6. The summed E-state index contributed by atoms with van der Waals surface area (Å²) in [4.78, 5) is 38.1. The number of unbranched alkanes of at least 4 members (excludes halogenated alkanes) is 41. The lowest BCUT2D eigenvalue weighted by Gasteiger charge is -2.18. The van der Waals surface area contributed by atoms with E-state index in [1.54, 1.807) is 0 Å². The molecule has 0 bridgehead atoms. The van der Waals surface area contributed by atoms with Gasteiger partial charge in [-0.1, -0.05) is 277 Å². The van der Waals surface area contributed by atoms with E-state index >= 15 is 0 Å². The number of esters is 3. The first-order chi connectivity index (χ1) is 32.0. The van der Waals surface area contributed by atoms with Crippen LogP contribution >= 0.6 is 0 Å². The molecule has 0 aliphatic heterocycles. The molecule has 0 heterocycles. The van der Waals surface area contributed by atoms with Crippen molar-refractivity contribution in [1.29, 1.82) is 0 Å². The number of hydrogen-bond acceptors (Lipinski definition) is 6. The summed E-state index contributed by atoms with van der Waals surface area (Å²) in [5.74, 6) is -0.851. The van der Waals surface area contributed by atoms with Crippen molar-refractivity contribution in [2.24, 2.45) is 0 Å². The van der Waals surface area contributed by atoms with Crippen LogP contribution in [0.5, 0.6) is 0 Å². The summed E-state index contributed by atoms with van der Waals surface area (Å²) in [5, 5.41) is 0. The van der Waals surface area contributed by atoms with Crippen LogP contribution in [0.1, 0.15) is 329 Å². The summed E-state index contributed by atoms with van der Waals surface area (Å²) in [5.41, 5.74) is 0. The van der Waals surface area contributed by atoms with Gasteiger partial charge in [0.15, 0.2) is 6.10 Å². The zero-order chi connectivity index (χ0) is 47.2. The molecule has 0 rings (SSSR count). The molecule has 0 amide bonds. The van der Waals surface area contributed by atoms with E-state index in [4.69, 9.17) is 14.2 Å². The normalized spacial score (nSPS) is 12.0. The lowest BCUT2D eigenvalue weighted by Crippen LogP contribution is -2.30. The van der Waals surface area contributed by atoms with Gasteiger partial charge in [-0.2, -0.15) is 0 Å². The van der Waals surface area contributed by atoms with Crippen molar-refractivity contribution in [2.75, 3.05) is 13.2 Å². The maximum atomic E-state index is 12.8. The Bertz CT molecular complexity index is 1010. The van der Waals surface area contributed by atoms with Crippen LogP contribution in [0.15, 0.2) is 12.2 Å². The number of carbonyl (C=O) groups is 3. The van der Waals surface area contributed by atoms with E-state index in [-0.39, 0.29) is 31.1 Å². The second-order valence-electron chi connectivity index (χ2n) is 19.9.